The van der Waals surface area contributed by atoms with Gasteiger partial charge in [0.2, 0.25) is 10.0 Å². The predicted molar refractivity (Wildman–Crippen MR) is 114 cm³/mol. The molecule has 0 spiro atoms. The van der Waals surface area contributed by atoms with Crippen LogP contribution >= 0.6 is 11.3 Å². The van der Waals surface area contributed by atoms with Crippen molar-refractivity contribution >= 4 is 38.2 Å². The van der Waals surface area contributed by atoms with E-state index in [1.54, 1.807) is 26.0 Å². The van der Waals surface area contributed by atoms with Gasteiger partial charge in [-0.1, -0.05) is 12.5 Å². The van der Waals surface area contributed by atoms with Crippen molar-refractivity contribution in [2.24, 2.45) is 5.73 Å². The van der Waals surface area contributed by atoms with Crippen LogP contribution < -0.4 is 11.1 Å². The molecule has 0 aliphatic carbocycles. The van der Waals surface area contributed by atoms with Gasteiger partial charge >= 0.3 is 0 Å². The molecule has 2 heterocycles. The Balaban J connectivity index is 1.93. The quantitative estimate of drug-likeness (QED) is 0.751. The second-order valence-corrected chi connectivity index (χ2v) is 10.4. The molecule has 1 aromatic heterocycles. The van der Waals surface area contributed by atoms with Gasteiger partial charge in [-0.25, -0.2) is 8.42 Å². The Bertz CT molecular complexity index is 1070. The fourth-order valence-corrected chi connectivity index (χ4v) is 6.28. The molecule has 9 heteroatoms. The number of piperidine rings is 1. The van der Waals surface area contributed by atoms with Gasteiger partial charge in [0.05, 0.1) is 10.5 Å². The molecule has 7 nitrogen and oxygen atoms in total. The minimum absolute atomic E-state index is 0.140. The van der Waals surface area contributed by atoms with Crippen LogP contribution in [0.1, 0.15) is 56.0 Å². The third-order valence-electron chi connectivity index (χ3n) is 5.24. The highest BCUT2D eigenvalue weighted by Crippen LogP contribution is 2.32. The van der Waals surface area contributed by atoms with Crippen molar-refractivity contribution in [3.05, 3.63) is 45.3 Å². The highest BCUT2D eigenvalue weighted by Gasteiger charge is 2.28. The summed E-state index contributed by atoms with van der Waals surface area (Å²) in [4.78, 5) is 25.6. The maximum absolute atomic E-state index is 13.1. The van der Waals surface area contributed by atoms with E-state index in [1.807, 2.05) is 6.92 Å². The van der Waals surface area contributed by atoms with Crippen molar-refractivity contribution in [2.75, 3.05) is 18.4 Å². The Morgan fingerprint density at radius 3 is 2.38 bits per heavy atom. The van der Waals surface area contributed by atoms with E-state index in [1.165, 1.54) is 21.7 Å². The Morgan fingerprint density at radius 1 is 1.10 bits per heavy atom. The van der Waals surface area contributed by atoms with Gasteiger partial charge in [0, 0.05) is 23.5 Å². The largest absolute Gasteiger partial charge is 0.365 e. The first-order valence-corrected chi connectivity index (χ1v) is 11.7. The Morgan fingerprint density at radius 2 is 1.76 bits per heavy atom. The number of nitrogens with zero attached hydrogens (tertiary/aromatic N) is 1. The summed E-state index contributed by atoms with van der Waals surface area (Å²) in [5.41, 5.74) is 7.28. The van der Waals surface area contributed by atoms with E-state index in [2.05, 4.69) is 5.32 Å². The molecule has 2 aromatic rings. The van der Waals surface area contributed by atoms with Gasteiger partial charge < -0.3 is 11.1 Å². The van der Waals surface area contributed by atoms with Crippen molar-refractivity contribution in [2.45, 2.75) is 44.9 Å². The summed E-state index contributed by atoms with van der Waals surface area (Å²) in [6, 6.07) is 4.62. The molecule has 0 radical (unpaired) electrons. The van der Waals surface area contributed by atoms with E-state index in [-0.39, 0.29) is 16.0 Å². The topological polar surface area (TPSA) is 110 Å². The van der Waals surface area contributed by atoms with Crippen molar-refractivity contribution < 1.29 is 18.0 Å². The van der Waals surface area contributed by atoms with E-state index in [0.29, 0.717) is 23.7 Å². The van der Waals surface area contributed by atoms with E-state index >= 15 is 0 Å². The number of amides is 2. The number of hydrogen-bond acceptors (Lipinski definition) is 5. The summed E-state index contributed by atoms with van der Waals surface area (Å²) >= 11 is 1.27. The summed E-state index contributed by atoms with van der Waals surface area (Å²) < 4.78 is 27.6. The van der Waals surface area contributed by atoms with Crippen LogP contribution in [0.3, 0.4) is 0 Å². The van der Waals surface area contributed by atoms with Gasteiger partial charge in [0.15, 0.2) is 0 Å². The number of rotatable bonds is 5. The maximum atomic E-state index is 13.1. The molecule has 0 bridgehead atoms. The summed E-state index contributed by atoms with van der Waals surface area (Å²) in [5, 5.41) is 3.09. The Kier molecular flexibility index (Phi) is 6.11. The number of carbonyl (C=O) groups excluding carboxylic acids is 2. The number of sulfonamides is 1. The lowest BCUT2D eigenvalue weighted by Crippen LogP contribution is -2.36. The lowest BCUT2D eigenvalue weighted by molar-refractivity contribution is 0.100. The Labute approximate surface area is 175 Å². The zero-order chi connectivity index (χ0) is 21.3. The van der Waals surface area contributed by atoms with Crippen molar-refractivity contribution in [1.29, 1.82) is 0 Å². The van der Waals surface area contributed by atoms with Crippen LogP contribution in [0.25, 0.3) is 0 Å². The molecule has 3 N–H and O–H groups in total. The van der Waals surface area contributed by atoms with Crippen LogP contribution in [0.15, 0.2) is 23.1 Å². The van der Waals surface area contributed by atoms with E-state index in [4.69, 9.17) is 5.73 Å². The highest BCUT2D eigenvalue weighted by molar-refractivity contribution is 7.89. The fourth-order valence-electron chi connectivity index (χ4n) is 3.45. The molecule has 0 unspecified atom stereocenters. The Hall–Kier alpha value is -2.23. The number of benzene rings is 1. The third kappa shape index (κ3) is 4.22. The van der Waals surface area contributed by atoms with Crippen molar-refractivity contribution in [3.63, 3.8) is 0 Å². The molecular weight excluding hydrogens is 410 g/mol. The predicted octanol–water partition coefficient (Wildman–Crippen LogP) is 3.20. The number of anilines is 1. The van der Waals surface area contributed by atoms with Gasteiger partial charge in [0.1, 0.15) is 5.00 Å². The average molecular weight is 436 g/mol. The minimum Gasteiger partial charge on any atom is -0.365 e. The molecule has 1 fully saturated rings. The van der Waals surface area contributed by atoms with E-state index < -0.39 is 21.8 Å². The summed E-state index contributed by atoms with van der Waals surface area (Å²) in [5.74, 6) is -1.09. The first kappa shape index (κ1) is 21.5. The molecule has 1 aromatic carbocycles. The zero-order valence-electron chi connectivity index (χ0n) is 16.7. The number of hydrogen-bond donors (Lipinski definition) is 2. The molecule has 1 aliphatic heterocycles. The molecule has 29 heavy (non-hydrogen) atoms. The molecule has 2 amide bonds. The monoisotopic (exact) mass is 435 g/mol. The van der Waals surface area contributed by atoms with Crippen LogP contribution in [-0.4, -0.2) is 37.6 Å². The van der Waals surface area contributed by atoms with E-state index in [9.17, 15) is 18.0 Å². The van der Waals surface area contributed by atoms with Crippen LogP contribution in [-0.2, 0) is 10.0 Å². The van der Waals surface area contributed by atoms with Crippen LogP contribution in [0.5, 0.6) is 0 Å². The molecule has 0 atom stereocenters. The number of nitrogens with two attached hydrogens (primary N) is 1. The number of primary amides is 1. The molecular formula is C20H25N3O4S2. The maximum Gasteiger partial charge on any atom is 0.256 e. The number of carbonyl (C=O) groups is 2. The smallest absolute Gasteiger partial charge is 0.256 e. The van der Waals surface area contributed by atoms with Crippen LogP contribution in [0.4, 0.5) is 5.00 Å². The normalized spacial score (nSPS) is 15.3. The van der Waals surface area contributed by atoms with Gasteiger partial charge in [0.25, 0.3) is 11.8 Å². The molecule has 1 aliphatic rings. The van der Waals surface area contributed by atoms with Gasteiger partial charge in [-0.2, -0.15) is 4.31 Å². The summed E-state index contributed by atoms with van der Waals surface area (Å²) in [6.45, 7) is 6.32. The second kappa shape index (κ2) is 8.25. The molecule has 0 saturated carbocycles. The van der Waals surface area contributed by atoms with Gasteiger partial charge in [-0.15, -0.1) is 11.3 Å². The summed E-state index contributed by atoms with van der Waals surface area (Å²) in [7, 11) is -3.66. The third-order valence-corrected chi connectivity index (χ3v) is 8.41. The van der Waals surface area contributed by atoms with Crippen molar-refractivity contribution in [1.82, 2.24) is 4.31 Å². The SMILES string of the molecule is Cc1ccc(C(=O)Nc2sc(C)c(C)c2C(N)=O)cc1S(=O)(=O)N1CCCCC1. The number of aryl methyl sites for hydroxylation is 2. The molecule has 1 saturated heterocycles. The van der Waals surface area contributed by atoms with Gasteiger partial charge in [-0.3, -0.25) is 9.59 Å². The highest BCUT2D eigenvalue weighted by atomic mass is 32.2. The molecule has 3 rings (SSSR count). The zero-order valence-corrected chi connectivity index (χ0v) is 18.4. The van der Waals surface area contributed by atoms with E-state index in [0.717, 1.165) is 29.7 Å². The summed E-state index contributed by atoms with van der Waals surface area (Å²) in [6.07, 6.45) is 2.70. The fraction of sp³-hybridized carbons (Fsp3) is 0.400. The van der Waals surface area contributed by atoms with Crippen LogP contribution in [0, 0.1) is 20.8 Å². The lowest BCUT2D eigenvalue weighted by Gasteiger charge is -2.26. The number of nitrogens with one attached hydrogen (secondary N) is 1. The van der Waals surface area contributed by atoms with Gasteiger partial charge in [-0.05, 0) is 56.9 Å². The number of thiophene rings is 1. The van der Waals surface area contributed by atoms with Crippen LogP contribution in [0.2, 0.25) is 0 Å². The molecule has 156 valence electrons. The lowest BCUT2D eigenvalue weighted by atomic mass is 10.1. The van der Waals surface area contributed by atoms with Crippen molar-refractivity contribution in [3.8, 4) is 0 Å². The average Bonchev–Trinajstić information content (AvgIpc) is 2.96. The first-order valence-electron chi connectivity index (χ1n) is 9.45. The minimum atomic E-state index is -3.66. The second-order valence-electron chi connectivity index (χ2n) is 7.25. The first-order chi connectivity index (χ1) is 13.6. The standard InChI is InChI=1S/C20H25N3O4S2/c1-12-7-8-15(11-16(12)29(26,27)23-9-5-4-6-10-23)19(25)22-20-17(18(21)24)13(2)14(3)28-20/h7-8,11H,4-6,9-10H2,1-3H3,(H2,21,24)(H,22,25).